The van der Waals surface area contributed by atoms with Crippen LogP contribution < -0.4 is 5.32 Å². The van der Waals surface area contributed by atoms with Crippen molar-refractivity contribution in [2.45, 2.75) is 51.0 Å². The van der Waals surface area contributed by atoms with Crippen molar-refractivity contribution in [2.24, 2.45) is 0 Å². The van der Waals surface area contributed by atoms with Gasteiger partial charge in [-0.1, -0.05) is 19.3 Å². The normalized spacial score (nSPS) is 18.8. The summed E-state index contributed by atoms with van der Waals surface area (Å²) in [6, 6.07) is 3.92. The molecule has 0 unspecified atom stereocenters. The van der Waals surface area contributed by atoms with Gasteiger partial charge in [0.2, 0.25) is 0 Å². The highest BCUT2D eigenvalue weighted by Crippen LogP contribution is 2.31. The van der Waals surface area contributed by atoms with Gasteiger partial charge in [-0.05, 0) is 38.9 Å². The van der Waals surface area contributed by atoms with E-state index in [1.807, 2.05) is 19.1 Å². The summed E-state index contributed by atoms with van der Waals surface area (Å²) < 4.78 is 5.84. The van der Waals surface area contributed by atoms with Gasteiger partial charge in [-0.3, -0.25) is 0 Å². The average molecular weight is 259 g/mol. The van der Waals surface area contributed by atoms with Gasteiger partial charge in [0.15, 0.2) is 17.1 Å². The predicted molar refractivity (Wildman–Crippen MR) is 75.1 cm³/mol. The lowest BCUT2D eigenvalue weighted by Gasteiger charge is -2.36. The van der Waals surface area contributed by atoms with Crippen LogP contribution in [-0.2, 0) is 6.42 Å². The average Bonchev–Trinajstić information content (AvgIpc) is 2.81. The summed E-state index contributed by atoms with van der Waals surface area (Å²) >= 11 is 0. The number of aryl methyl sites for hydroxylation is 1. The molecule has 1 saturated carbocycles. The molecule has 1 aliphatic rings. The third-order valence-electron chi connectivity index (χ3n) is 4.27. The Morgan fingerprint density at radius 3 is 2.74 bits per heavy atom. The molecule has 2 aromatic heterocycles. The SMILES string of the molecule is CNC1(Cc2nc3nc(C)ccc3o2)CCCCC1. The van der Waals surface area contributed by atoms with E-state index in [0.717, 1.165) is 29.2 Å². The number of nitrogens with one attached hydrogen (secondary N) is 1. The van der Waals surface area contributed by atoms with Gasteiger partial charge in [-0.25, -0.2) is 4.98 Å². The van der Waals surface area contributed by atoms with Crippen LogP contribution in [0.1, 0.15) is 43.7 Å². The van der Waals surface area contributed by atoms with E-state index in [1.54, 1.807) is 0 Å². The zero-order chi connectivity index (χ0) is 13.3. The number of pyridine rings is 1. The molecule has 1 aliphatic carbocycles. The standard InChI is InChI=1S/C15H21N3O/c1-11-6-7-12-14(17-11)18-13(19-12)10-15(16-2)8-4-3-5-9-15/h6-7,16H,3-5,8-10H2,1-2H3. The Bertz CT molecular complexity index is 570. The summed E-state index contributed by atoms with van der Waals surface area (Å²) in [6.07, 6.45) is 7.19. The van der Waals surface area contributed by atoms with Crippen LogP contribution in [0, 0.1) is 6.92 Å². The minimum absolute atomic E-state index is 0.161. The number of aromatic nitrogens is 2. The Morgan fingerprint density at radius 1 is 1.21 bits per heavy atom. The van der Waals surface area contributed by atoms with E-state index in [2.05, 4.69) is 22.3 Å². The molecule has 2 heterocycles. The monoisotopic (exact) mass is 259 g/mol. The molecular weight excluding hydrogens is 238 g/mol. The molecule has 0 aromatic carbocycles. The molecule has 0 atom stereocenters. The van der Waals surface area contributed by atoms with E-state index in [0.29, 0.717) is 0 Å². The zero-order valence-corrected chi connectivity index (χ0v) is 11.7. The fraction of sp³-hybridized carbons (Fsp3) is 0.600. The van der Waals surface area contributed by atoms with Crippen molar-refractivity contribution < 1.29 is 4.42 Å². The summed E-state index contributed by atoms with van der Waals surface area (Å²) in [6.45, 7) is 1.98. The van der Waals surface area contributed by atoms with Crippen molar-refractivity contribution in [3.63, 3.8) is 0 Å². The number of hydrogen-bond donors (Lipinski definition) is 1. The first-order valence-corrected chi connectivity index (χ1v) is 7.13. The number of oxazole rings is 1. The highest BCUT2D eigenvalue weighted by Gasteiger charge is 2.32. The molecule has 0 aliphatic heterocycles. The Balaban J connectivity index is 1.87. The summed E-state index contributed by atoms with van der Waals surface area (Å²) in [4.78, 5) is 8.96. The highest BCUT2D eigenvalue weighted by molar-refractivity contribution is 5.67. The van der Waals surface area contributed by atoms with Crippen LogP contribution in [0.15, 0.2) is 16.5 Å². The molecule has 4 heteroatoms. The molecular formula is C15H21N3O. The Hall–Kier alpha value is -1.42. The summed E-state index contributed by atoms with van der Waals surface area (Å²) in [7, 11) is 2.05. The van der Waals surface area contributed by atoms with Crippen molar-refractivity contribution in [3.8, 4) is 0 Å². The molecule has 3 rings (SSSR count). The van der Waals surface area contributed by atoms with Gasteiger partial charge in [0, 0.05) is 17.7 Å². The summed E-state index contributed by atoms with van der Waals surface area (Å²) in [5.41, 5.74) is 2.67. The number of likely N-dealkylation sites (N-methyl/N-ethyl adjacent to an activating group) is 1. The third kappa shape index (κ3) is 2.50. The second-order valence-corrected chi connectivity index (χ2v) is 5.65. The maximum Gasteiger partial charge on any atom is 0.199 e. The van der Waals surface area contributed by atoms with Crippen molar-refractivity contribution in [1.82, 2.24) is 15.3 Å². The third-order valence-corrected chi connectivity index (χ3v) is 4.27. The topological polar surface area (TPSA) is 51.0 Å². The van der Waals surface area contributed by atoms with Gasteiger partial charge in [-0.2, -0.15) is 4.98 Å². The van der Waals surface area contributed by atoms with E-state index in [9.17, 15) is 0 Å². The van der Waals surface area contributed by atoms with Crippen LogP contribution in [0.4, 0.5) is 0 Å². The van der Waals surface area contributed by atoms with E-state index >= 15 is 0 Å². The van der Waals surface area contributed by atoms with Gasteiger partial charge in [0.25, 0.3) is 0 Å². The lowest BCUT2D eigenvalue weighted by atomic mass is 9.79. The summed E-state index contributed by atoms with van der Waals surface area (Å²) in [5.74, 6) is 0.810. The number of fused-ring (bicyclic) bond motifs is 1. The number of nitrogens with zero attached hydrogens (tertiary/aromatic N) is 2. The highest BCUT2D eigenvalue weighted by atomic mass is 16.3. The predicted octanol–water partition coefficient (Wildman–Crippen LogP) is 3.00. The first-order valence-electron chi connectivity index (χ1n) is 7.13. The van der Waals surface area contributed by atoms with E-state index in [4.69, 9.17) is 4.42 Å². The van der Waals surface area contributed by atoms with Crippen molar-refractivity contribution in [1.29, 1.82) is 0 Å². The quantitative estimate of drug-likeness (QED) is 0.920. The minimum Gasteiger partial charge on any atom is -0.439 e. The molecule has 0 spiro atoms. The maximum absolute atomic E-state index is 5.84. The van der Waals surface area contributed by atoms with Crippen LogP contribution >= 0.6 is 0 Å². The molecule has 0 amide bonds. The lowest BCUT2D eigenvalue weighted by Crippen LogP contribution is -2.46. The fourth-order valence-electron chi connectivity index (χ4n) is 3.07. The molecule has 0 saturated heterocycles. The Kier molecular flexibility index (Phi) is 3.27. The van der Waals surface area contributed by atoms with E-state index in [-0.39, 0.29) is 5.54 Å². The van der Waals surface area contributed by atoms with Gasteiger partial charge < -0.3 is 9.73 Å². The van der Waals surface area contributed by atoms with Crippen LogP contribution in [0.25, 0.3) is 11.2 Å². The molecule has 4 nitrogen and oxygen atoms in total. The molecule has 1 fully saturated rings. The van der Waals surface area contributed by atoms with Crippen molar-refractivity contribution in [2.75, 3.05) is 7.05 Å². The fourth-order valence-corrected chi connectivity index (χ4v) is 3.07. The molecule has 19 heavy (non-hydrogen) atoms. The van der Waals surface area contributed by atoms with Gasteiger partial charge >= 0.3 is 0 Å². The lowest BCUT2D eigenvalue weighted by molar-refractivity contribution is 0.230. The summed E-state index contributed by atoms with van der Waals surface area (Å²) in [5, 5.41) is 3.50. The van der Waals surface area contributed by atoms with Gasteiger partial charge in [0.05, 0.1) is 0 Å². The van der Waals surface area contributed by atoms with Gasteiger partial charge in [-0.15, -0.1) is 0 Å². The largest absolute Gasteiger partial charge is 0.439 e. The Morgan fingerprint density at radius 2 is 2.00 bits per heavy atom. The molecule has 102 valence electrons. The van der Waals surface area contributed by atoms with Crippen LogP contribution in [0.5, 0.6) is 0 Å². The van der Waals surface area contributed by atoms with E-state index < -0.39 is 0 Å². The van der Waals surface area contributed by atoms with Crippen LogP contribution in [-0.4, -0.2) is 22.6 Å². The number of rotatable bonds is 3. The Labute approximate surface area is 113 Å². The van der Waals surface area contributed by atoms with E-state index in [1.165, 1.54) is 32.1 Å². The smallest absolute Gasteiger partial charge is 0.199 e. The second kappa shape index (κ2) is 4.93. The van der Waals surface area contributed by atoms with Gasteiger partial charge in [0.1, 0.15) is 0 Å². The molecule has 1 N–H and O–H groups in total. The van der Waals surface area contributed by atoms with Crippen LogP contribution in [0.3, 0.4) is 0 Å². The number of hydrogen-bond acceptors (Lipinski definition) is 4. The van der Waals surface area contributed by atoms with Crippen LogP contribution in [0.2, 0.25) is 0 Å². The minimum atomic E-state index is 0.161. The zero-order valence-electron chi connectivity index (χ0n) is 11.7. The first kappa shape index (κ1) is 12.6. The maximum atomic E-state index is 5.84. The first-order chi connectivity index (χ1) is 9.21. The molecule has 2 aromatic rings. The van der Waals surface area contributed by atoms with Crippen molar-refractivity contribution in [3.05, 3.63) is 23.7 Å². The molecule has 0 bridgehead atoms. The molecule has 0 radical (unpaired) electrons. The second-order valence-electron chi connectivity index (χ2n) is 5.65. The van der Waals surface area contributed by atoms with Crippen molar-refractivity contribution >= 4 is 11.2 Å².